The van der Waals surface area contributed by atoms with Crippen LogP contribution in [-0.2, 0) is 32.6 Å². The van der Waals surface area contributed by atoms with E-state index in [0.29, 0.717) is 38.8 Å². The molecule has 0 saturated heterocycles. The second-order valence-electron chi connectivity index (χ2n) is 7.59. The number of pyridine rings is 1. The number of anilines is 1. The zero-order chi connectivity index (χ0) is 24.7. The van der Waals surface area contributed by atoms with E-state index in [-0.39, 0.29) is 11.4 Å². The molecule has 2 aromatic heterocycles. The van der Waals surface area contributed by atoms with Crippen LogP contribution in [0.5, 0.6) is 0 Å². The molecular weight excluding hydrogens is 458 g/mol. The van der Waals surface area contributed by atoms with Crippen molar-refractivity contribution in [3.63, 3.8) is 0 Å². The van der Waals surface area contributed by atoms with Crippen LogP contribution in [0, 0.1) is 0 Å². The molecule has 3 aromatic rings. The van der Waals surface area contributed by atoms with Crippen molar-refractivity contribution in [2.24, 2.45) is 0 Å². The minimum Gasteiger partial charge on any atom is -0.382 e. The molecule has 1 aromatic carbocycles. The molecule has 0 aliphatic carbocycles. The van der Waals surface area contributed by atoms with Gasteiger partial charge in [-0.05, 0) is 31.5 Å². The van der Waals surface area contributed by atoms with Crippen LogP contribution in [0.4, 0.5) is 5.95 Å². The lowest BCUT2D eigenvalue weighted by atomic mass is 10.3. The van der Waals surface area contributed by atoms with Crippen LogP contribution < -0.4 is 10.9 Å². The lowest BCUT2D eigenvalue weighted by Gasteiger charge is -2.19. The molecule has 10 nitrogen and oxygen atoms in total. The fourth-order valence-electron chi connectivity index (χ4n) is 3.68. The summed E-state index contributed by atoms with van der Waals surface area (Å²) in [5.74, 6) is -0.122. The first-order valence-electron chi connectivity index (χ1n) is 11.3. The van der Waals surface area contributed by atoms with E-state index in [1.54, 1.807) is 13.8 Å². The van der Waals surface area contributed by atoms with Crippen LogP contribution in [-0.4, -0.2) is 59.1 Å². The maximum Gasteiger partial charge on any atom is 0.251 e. The zero-order valence-corrected chi connectivity index (χ0v) is 20.5. The van der Waals surface area contributed by atoms with E-state index in [9.17, 15) is 18.0 Å². The van der Waals surface area contributed by atoms with Gasteiger partial charge in [0.25, 0.3) is 5.56 Å². The minimum absolute atomic E-state index is 0.0354. The van der Waals surface area contributed by atoms with E-state index in [0.717, 1.165) is 28.1 Å². The standard InChI is InChI=1S/C23H31N5O5S/c1-4-27(5-2)34(31,32)18-12-13-22(30)26(16-18)17-21(29)25-23-24-19-10-7-8-11-20(19)28(23)14-9-15-33-6-3/h7-8,10-13,16H,4-6,9,14-15,17H2,1-3H3,(H,24,25,29). The average Bonchev–Trinajstić information content (AvgIpc) is 3.15. The topological polar surface area (TPSA) is 116 Å². The number of benzene rings is 1. The molecule has 0 fully saturated rings. The summed E-state index contributed by atoms with van der Waals surface area (Å²) in [6.45, 7) is 7.48. The van der Waals surface area contributed by atoms with Gasteiger partial charge in [-0.1, -0.05) is 26.0 Å². The van der Waals surface area contributed by atoms with E-state index >= 15 is 0 Å². The Balaban J connectivity index is 1.83. The van der Waals surface area contributed by atoms with E-state index in [1.807, 2.05) is 35.8 Å². The van der Waals surface area contributed by atoms with Gasteiger partial charge in [0.2, 0.25) is 21.9 Å². The monoisotopic (exact) mass is 489 g/mol. The number of hydrogen-bond donors (Lipinski definition) is 1. The average molecular weight is 490 g/mol. The smallest absolute Gasteiger partial charge is 0.251 e. The fourth-order valence-corrected chi connectivity index (χ4v) is 5.16. The van der Waals surface area contributed by atoms with Crippen LogP contribution in [0.2, 0.25) is 0 Å². The number of nitrogens with one attached hydrogen (secondary N) is 1. The molecule has 0 bridgehead atoms. The summed E-state index contributed by atoms with van der Waals surface area (Å²) in [5, 5.41) is 2.77. The Labute approximate surface area is 199 Å². The summed E-state index contributed by atoms with van der Waals surface area (Å²) in [6, 6.07) is 9.97. The van der Waals surface area contributed by atoms with Crippen molar-refractivity contribution < 1.29 is 17.9 Å². The van der Waals surface area contributed by atoms with Gasteiger partial charge in [0.15, 0.2) is 0 Å². The lowest BCUT2D eigenvalue weighted by Crippen LogP contribution is -2.33. The fraction of sp³-hybridized carbons (Fsp3) is 0.435. The van der Waals surface area contributed by atoms with E-state index in [2.05, 4.69) is 10.3 Å². The Kier molecular flexibility index (Phi) is 8.59. The summed E-state index contributed by atoms with van der Waals surface area (Å²) >= 11 is 0. The first kappa shape index (κ1) is 25.6. The summed E-state index contributed by atoms with van der Waals surface area (Å²) < 4.78 is 35.3. The summed E-state index contributed by atoms with van der Waals surface area (Å²) in [4.78, 5) is 29.7. The van der Waals surface area contributed by atoms with Gasteiger partial charge in [-0.3, -0.25) is 14.9 Å². The zero-order valence-electron chi connectivity index (χ0n) is 19.7. The number of para-hydroxylation sites is 2. The number of amides is 1. The molecule has 0 atom stereocenters. The van der Waals surface area contributed by atoms with Gasteiger partial charge in [0, 0.05) is 45.1 Å². The normalized spacial score (nSPS) is 11.9. The molecule has 0 spiro atoms. The number of carbonyl (C=O) groups is 1. The van der Waals surface area contributed by atoms with Gasteiger partial charge in [-0.2, -0.15) is 4.31 Å². The van der Waals surface area contributed by atoms with Crippen molar-refractivity contribution in [1.82, 2.24) is 18.4 Å². The Hall–Kier alpha value is -3.02. The van der Waals surface area contributed by atoms with Gasteiger partial charge < -0.3 is 13.9 Å². The molecule has 0 radical (unpaired) electrons. The highest BCUT2D eigenvalue weighted by molar-refractivity contribution is 7.89. The SMILES string of the molecule is CCOCCCn1c(NC(=O)Cn2cc(S(=O)(=O)N(CC)CC)ccc2=O)nc2ccccc21. The van der Waals surface area contributed by atoms with Crippen molar-refractivity contribution in [3.8, 4) is 0 Å². The first-order chi connectivity index (χ1) is 16.3. The lowest BCUT2D eigenvalue weighted by molar-refractivity contribution is -0.116. The summed E-state index contributed by atoms with van der Waals surface area (Å²) in [5.41, 5.74) is 1.14. The number of imidazole rings is 1. The number of aromatic nitrogens is 3. The molecule has 34 heavy (non-hydrogen) atoms. The number of aryl methyl sites for hydroxylation is 1. The maximum absolute atomic E-state index is 12.8. The van der Waals surface area contributed by atoms with E-state index < -0.39 is 21.5 Å². The highest BCUT2D eigenvalue weighted by Gasteiger charge is 2.23. The summed E-state index contributed by atoms with van der Waals surface area (Å²) in [6.07, 6.45) is 1.95. The third-order valence-corrected chi connectivity index (χ3v) is 7.43. The van der Waals surface area contributed by atoms with Crippen LogP contribution in [0.25, 0.3) is 11.0 Å². The van der Waals surface area contributed by atoms with Crippen LogP contribution >= 0.6 is 0 Å². The largest absolute Gasteiger partial charge is 0.382 e. The number of ether oxygens (including phenoxy) is 1. The molecule has 184 valence electrons. The van der Waals surface area contributed by atoms with Gasteiger partial charge in [-0.15, -0.1) is 0 Å². The quantitative estimate of drug-likeness (QED) is 0.390. The number of hydrogen-bond acceptors (Lipinski definition) is 6. The van der Waals surface area contributed by atoms with Crippen molar-refractivity contribution >= 4 is 32.9 Å². The van der Waals surface area contributed by atoms with Gasteiger partial charge in [-0.25, -0.2) is 13.4 Å². The molecule has 1 amide bonds. The number of rotatable bonds is 12. The van der Waals surface area contributed by atoms with Crippen molar-refractivity contribution in [1.29, 1.82) is 0 Å². The molecule has 2 heterocycles. The van der Waals surface area contributed by atoms with E-state index in [1.165, 1.54) is 16.6 Å². The summed E-state index contributed by atoms with van der Waals surface area (Å²) in [7, 11) is -3.76. The molecule has 0 saturated carbocycles. The van der Waals surface area contributed by atoms with E-state index in [4.69, 9.17) is 4.74 Å². The van der Waals surface area contributed by atoms with Crippen LogP contribution in [0.15, 0.2) is 52.3 Å². The maximum atomic E-state index is 12.8. The third-order valence-electron chi connectivity index (χ3n) is 5.39. The number of carbonyl (C=O) groups excluding carboxylic acids is 1. The second kappa shape index (κ2) is 11.4. The van der Waals surface area contributed by atoms with Crippen molar-refractivity contribution in [3.05, 3.63) is 52.9 Å². The van der Waals surface area contributed by atoms with Crippen molar-refractivity contribution in [2.75, 3.05) is 31.6 Å². The number of fused-ring (bicyclic) bond motifs is 1. The Morgan fingerprint density at radius 2 is 1.85 bits per heavy atom. The number of nitrogens with zero attached hydrogens (tertiary/aromatic N) is 4. The minimum atomic E-state index is -3.76. The predicted octanol–water partition coefficient (Wildman–Crippen LogP) is 2.29. The first-order valence-corrected chi connectivity index (χ1v) is 12.8. The number of sulfonamides is 1. The van der Waals surface area contributed by atoms with Gasteiger partial charge >= 0.3 is 0 Å². The highest BCUT2D eigenvalue weighted by Crippen LogP contribution is 2.20. The molecule has 0 aliphatic heterocycles. The molecule has 11 heteroatoms. The Bertz CT molecular complexity index is 1290. The van der Waals surface area contributed by atoms with Crippen molar-refractivity contribution in [2.45, 2.75) is 45.2 Å². The van der Waals surface area contributed by atoms with Crippen LogP contribution in [0.3, 0.4) is 0 Å². The third kappa shape index (κ3) is 5.72. The second-order valence-corrected chi connectivity index (χ2v) is 9.53. The predicted molar refractivity (Wildman–Crippen MR) is 130 cm³/mol. The van der Waals surface area contributed by atoms with Gasteiger partial charge in [0.05, 0.1) is 15.9 Å². The van der Waals surface area contributed by atoms with Gasteiger partial charge in [0.1, 0.15) is 6.54 Å². The molecular formula is C23H31N5O5S. The molecule has 0 aliphatic rings. The molecule has 3 rings (SSSR count). The molecule has 1 N–H and O–H groups in total. The highest BCUT2D eigenvalue weighted by atomic mass is 32.2. The van der Waals surface area contributed by atoms with Crippen LogP contribution in [0.1, 0.15) is 27.2 Å². The molecule has 0 unspecified atom stereocenters. The Morgan fingerprint density at radius 3 is 2.56 bits per heavy atom. The Morgan fingerprint density at radius 1 is 1.12 bits per heavy atom.